The van der Waals surface area contributed by atoms with Crippen LogP contribution in [-0.4, -0.2) is 27.7 Å². The van der Waals surface area contributed by atoms with Crippen molar-refractivity contribution in [2.45, 2.75) is 37.1 Å². The van der Waals surface area contributed by atoms with Gasteiger partial charge in [0.1, 0.15) is 5.82 Å². The third-order valence-electron chi connectivity index (χ3n) is 3.04. The zero-order chi connectivity index (χ0) is 15.9. The minimum atomic E-state index is -0.255. The molecule has 0 aliphatic heterocycles. The van der Waals surface area contributed by atoms with Crippen LogP contribution in [0.15, 0.2) is 28.7 Å². The Balaban J connectivity index is 1.84. The summed E-state index contributed by atoms with van der Waals surface area (Å²) in [5.41, 5.74) is 6.65. The summed E-state index contributed by atoms with van der Waals surface area (Å²) in [4.78, 5) is 21.9. The van der Waals surface area contributed by atoms with Gasteiger partial charge in [-0.1, -0.05) is 24.8 Å². The van der Waals surface area contributed by atoms with Crippen LogP contribution in [0.2, 0.25) is 0 Å². The molecule has 0 saturated heterocycles. The van der Waals surface area contributed by atoms with Crippen molar-refractivity contribution in [2.24, 2.45) is 0 Å². The number of nitrogens with two attached hydrogens (primary N) is 1. The lowest BCUT2D eigenvalue weighted by atomic mass is 10.3. The average molecular weight is 336 g/mol. The molecule has 0 saturated carbocycles. The number of hydrogen-bond acceptors (Lipinski definition) is 6. The van der Waals surface area contributed by atoms with Gasteiger partial charge in [-0.3, -0.25) is 4.79 Å². The molecule has 5 nitrogen and oxygen atoms in total. The molecule has 2 aromatic heterocycles. The first kappa shape index (κ1) is 16.8. The standard InChI is InChI=1S/C15H20N4OS2/c1-3-11-9-13(16)19-15(18-11)22-10(2)14(20)17-7-6-12-5-4-8-21-12/h4-5,8-10H,3,6-7H2,1-2H3,(H,17,20)(H2,16,18,19)/t10-/m0/s1. The van der Waals surface area contributed by atoms with Gasteiger partial charge in [-0.2, -0.15) is 0 Å². The number of nitrogens with zero attached hydrogens (tertiary/aromatic N) is 2. The number of carbonyl (C=O) groups is 1. The van der Waals surface area contributed by atoms with E-state index in [1.54, 1.807) is 17.4 Å². The Morgan fingerprint density at radius 3 is 3.00 bits per heavy atom. The number of thiophene rings is 1. The minimum Gasteiger partial charge on any atom is -0.384 e. The van der Waals surface area contributed by atoms with E-state index in [2.05, 4.69) is 21.4 Å². The molecule has 7 heteroatoms. The number of nitrogen functional groups attached to an aromatic ring is 1. The lowest BCUT2D eigenvalue weighted by molar-refractivity contribution is -0.120. The van der Waals surface area contributed by atoms with Gasteiger partial charge in [0, 0.05) is 23.2 Å². The van der Waals surface area contributed by atoms with E-state index in [-0.39, 0.29) is 11.2 Å². The predicted octanol–water partition coefficient (Wildman–Crippen LogP) is 2.52. The van der Waals surface area contributed by atoms with Gasteiger partial charge in [-0.15, -0.1) is 11.3 Å². The summed E-state index contributed by atoms with van der Waals surface area (Å²) in [7, 11) is 0. The maximum absolute atomic E-state index is 12.1. The van der Waals surface area contributed by atoms with E-state index >= 15 is 0 Å². The number of rotatable bonds is 7. The largest absolute Gasteiger partial charge is 0.384 e. The van der Waals surface area contributed by atoms with Gasteiger partial charge in [0.15, 0.2) is 5.16 Å². The summed E-state index contributed by atoms with van der Waals surface area (Å²) >= 11 is 3.03. The highest BCUT2D eigenvalue weighted by atomic mass is 32.2. The molecule has 1 atom stereocenters. The van der Waals surface area contributed by atoms with Gasteiger partial charge >= 0.3 is 0 Å². The maximum atomic E-state index is 12.1. The smallest absolute Gasteiger partial charge is 0.233 e. The Kier molecular flexibility index (Phi) is 6.21. The van der Waals surface area contributed by atoms with Crippen LogP contribution in [0.1, 0.15) is 24.4 Å². The van der Waals surface area contributed by atoms with Crippen LogP contribution in [0, 0.1) is 0 Å². The molecule has 0 aliphatic carbocycles. The number of amides is 1. The number of anilines is 1. The van der Waals surface area contributed by atoms with E-state index in [9.17, 15) is 4.79 Å². The summed E-state index contributed by atoms with van der Waals surface area (Å²) < 4.78 is 0. The molecule has 3 N–H and O–H groups in total. The van der Waals surface area contributed by atoms with Gasteiger partial charge in [-0.05, 0) is 31.2 Å². The molecule has 0 aromatic carbocycles. The van der Waals surface area contributed by atoms with E-state index in [1.165, 1.54) is 16.6 Å². The Labute approximate surface area is 138 Å². The Morgan fingerprint density at radius 2 is 2.32 bits per heavy atom. The third kappa shape index (κ3) is 4.99. The maximum Gasteiger partial charge on any atom is 0.233 e. The zero-order valence-corrected chi connectivity index (χ0v) is 14.3. The second kappa shape index (κ2) is 8.14. The zero-order valence-electron chi connectivity index (χ0n) is 12.7. The van der Waals surface area contributed by atoms with Gasteiger partial charge < -0.3 is 11.1 Å². The highest BCUT2D eigenvalue weighted by molar-refractivity contribution is 8.00. The van der Waals surface area contributed by atoms with E-state index in [0.29, 0.717) is 17.5 Å². The molecule has 2 heterocycles. The third-order valence-corrected chi connectivity index (χ3v) is 4.94. The van der Waals surface area contributed by atoms with Crippen molar-refractivity contribution >= 4 is 34.8 Å². The van der Waals surface area contributed by atoms with Crippen molar-refractivity contribution < 1.29 is 4.79 Å². The van der Waals surface area contributed by atoms with Crippen LogP contribution in [0.5, 0.6) is 0 Å². The number of nitrogens with one attached hydrogen (secondary N) is 1. The van der Waals surface area contributed by atoms with E-state index in [4.69, 9.17) is 5.73 Å². The number of thioether (sulfide) groups is 1. The highest BCUT2D eigenvalue weighted by Gasteiger charge is 2.16. The molecule has 0 unspecified atom stereocenters. The highest BCUT2D eigenvalue weighted by Crippen LogP contribution is 2.21. The van der Waals surface area contributed by atoms with Crippen LogP contribution >= 0.6 is 23.1 Å². The Bertz CT molecular complexity index is 616. The molecular formula is C15H20N4OS2. The second-order valence-corrected chi connectivity index (χ2v) is 7.14. The molecule has 2 aromatic rings. The molecule has 0 aliphatic rings. The molecule has 22 heavy (non-hydrogen) atoms. The topological polar surface area (TPSA) is 80.9 Å². The Hall–Kier alpha value is -1.60. The van der Waals surface area contributed by atoms with Crippen LogP contribution < -0.4 is 11.1 Å². The fraction of sp³-hybridized carbons (Fsp3) is 0.400. The lowest BCUT2D eigenvalue weighted by Gasteiger charge is -2.11. The summed E-state index contributed by atoms with van der Waals surface area (Å²) in [6, 6.07) is 5.85. The normalized spacial score (nSPS) is 12.1. The van der Waals surface area contributed by atoms with Crippen molar-refractivity contribution in [3.05, 3.63) is 34.2 Å². The average Bonchev–Trinajstić information content (AvgIpc) is 2.99. The fourth-order valence-corrected chi connectivity index (χ4v) is 3.39. The van der Waals surface area contributed by atoms with Gasteiger partial charge in [-0.25, -0.2) is 9.97 Å². The SMILES string of the molecule is CCc1cc(N)nc(S[C@@H](C)C(=O)NCCc2cccs2)n1. The molecule has 118 valence electrons. The van der Waals surface area contributed by atoms with Crippen molar-refractivity contribution in [3.63, 3.8) is 0 Å². The van der Waals surface area contributed by atoms with E-state index in [0.717, 1.165) is 18.5 Å². The number of aromatic nitrogens is 2. The summed E-state index contributed by atoms with van der Waals surface area (Å²) in [5.74, 6) is 0.435. The molecule has 2 rings (SSSR count). The molecule has 0 radical (unpaired) electrons. The first-order valence-corrected chi connectivity index (χ1v) is 8.94. The molecular weight excluding hydrogens is 316 g/mol. The summed E-state index contributed by atoms with van der Waals surface area (Å²) in [5, 5.41) is 5.28. The quantitative estimate of drug-likeness (QED) is 0.600. The monoisotopic (exact) mass is 336 g/mol. The first-order valence-electron chi connectivity index (χ1n) is 7.18. The van der Waals surface area contributed by atoms with Crippen molar-refractivity contribution in [1.29, 1.82) is 0 Å². The van der Waals surface area contributed by atoms with E-state index < -0.39 is 0 Å². The predicted molar refractivity (Wildman–Crippen MR) is 92.2 cm³/mol. The Morgan fingerprint density at radius 1 is 1.50 bits per heavy atom. The molecule has 0 bridgehead atoms. The van der Waals surface area contributed by atoms with Crippen LogP contribution in [0.4, 0.5) is 5.82 Å². The van der Waals surface area contributed by atoms with Gasteiger partial charge in [0.25, 0.3) is 0 Å². The van der Waals surface area contributed by atoms with Crippen LogP contribution in [0.3, 0.4) is 0 Å². The summed E-state index contributed by atoms with van der Waals surface area (Å²) in [6.45, 7) is 4.50. The van der Waals surface area contributed by atoms with Crippen LogP contribution in [0.25, 0.3) is 0 Å². The second-order valence-electron chi connectivity index (χ2n) is 4.80. The number of aryl methyl sites for hydroxylation is 1. The van der Waals surface area contributed by atoms with Crippen molar-refractivity contribution in [3.8, 4) is 0 Å². The number of carbonyl (C=O) groups excluding carboxylic acids is 1. The van der Waals surface area contributed by atoms with Gasteiger partial charge in [0.05, 0.1) is 5.25 Å². The van der Waals surface area contributed by atoms with Crippen molar-refractivity contribution in [2.75, 3.05) is 12.3 Å². The molecule has 0 fully saturated rings. The first-order chi connectivity index (χ1) is 10.6. The van der Waals surface area contributed by atoms with E-state index in [1.807, 2.05) is 25.3 Å². The lowest BCUT2D eigenvalue weighted by Crippen LogP contribution is -2.32. The number of hydrogen-bond donors (Lipinski definition) is 2. The van der Waals surface area contributed by atoms with Crippen molar-refractivity contribution in [1.82, 2.24) is 15.3 Å². The fourth-order valence-electron chi connectivity index (χ4n) is 1.85. The molecule has 1 amide bonds. The minimum absolute atomic E-state index is 0.00868. The molecule has 0 spiro atoms. The summed E-state index contributed by atoms with van der Waals surface area (Å²) in [6.07, 6.45) is 1.65. The van der Waals surface area contributed by atoms with Gasteiger partial charge in [0.2, 0.25) is 5.91 Å². The van der Waals surface area contributed by atoms with Crippen LogP contribution in [-0.2, 0) is 17.6 Å².